The van der Waals surface area contributed by atoms with Gasteiger partial charge in [-0.1, -0.05) is 84.9 Å². The molecule has 0 saturated heterocycles. The van der Waals surface area contributed by atoms with Gasteiger partial charge in [-0.2, -0.15) is 0 Å². The van der Waals surface area contributed by atoms with Crippen LogP contribution < -0.4 is 0 Å². The summed E-state index contributed by atoms with van der Waals surface area (Å²) in [6, 6.07) is 6.86. The second-order valence-corrected chi connectivity index (χ2v) is 9.33. The van der Waals surface area contributed by atoms with Gasteiger partial charge in [0.1, 0.15) is 0 Å². The second kappa shape index (κ2) is 8.73. The van der Waals surface area contributed by atoms with E-state index < -0.39 is 5.97 Å². The number of hydrogen-bond acceptors (Lipinski definition) is 1. The number of carboxylic acid groups (broad SMARTS) is 1. The summed E-state index contributed by atoms with van der Waals surface area (Å²) in [5, 5.41) is 9.24. The predicted octanol–water partition coefficient (Wildman–Crippen LogP) is 7.05. The fraction of sp³-hybridized carbons (Fsp3) is 0.480. The topological polar surface area (TPSA) is 37.3 Å². The molecular weight excluding hydrogens is 332 g/mol. The Bertz CT molecular complexity index is 743. The molecule has 0 bridgehead atoms. The largest absolute Gasteiger partial charge is 0.478 e. The van der Waals surface area contributed by atoms with Gasteiger partial charge in [0, 0.05) is 5.57 Å². The number of benzene rings is 1. The highest BCUT2D eigenvalue weighted by atomic mass is 16.4. The van der Waals surface area contributed by atoms with E-state index in [1.807, 2.05) is 26.0 Å². The Morgan fingerprint density at radius 3 is 1.81 bits per heavy atom. The molecule has 0 unspecified atom stereocenters. The van der Waals surface area contributed by atoms with Crippen LogP contribution in [0, 0.1) is 0 Å². The molecule has 1 N–H and O–H groups in total. The van der Waals surface area contributed by atoms with E-state index >= 15 is 0 Å². The first-order chi connectivity index (χ1) is 12.3. The second-order valence-electron chi connectivity index (χ2n) is 9.33. The van der Waals surface area contributed by atoms with Gasteiger partial charge in [-0.3, -0.25) is 0 Å². The summed E-state index contributed by atoms with van der Waals surface area (Å²) in [6.07, 6.45) is 6.42. The molecule has 0 amide bonds. The lowest BCUT2D eigenvalue weighted by atomic mass is 9.79. The highest BCUT2D eigenvalue weighted by Crippen LogP contribution is 2.32. The predicted molar refractivity (Wildman–Crippen MR) is 117 cm³/mol. The van der Waals surface area contributed by atoms with Crippen molar-refractivity contribution in [3.05, 3.63) is 64.3 Å². The lowest BCUT2D eigenvalue weighted by Crippen LogP contribution is -2.16. The molecule has 0 atom stereocenters. The zero-order chi connectivity index (χ0) is 21.0. The van der Waals surface area contributed by atoms with Crippen LogP contribution in [-0.2, 0) is 15.6 Å². The highest BCUT2D eigenvalue weighted by Gasteiger charge is 2.20. The molecule has 27 heavy (non-hydrogen) atoms. The van der Waals surface area contributed by atoms with Gasteiger partial charge in [-0.25, -0.2) is 4.79 Å². The first-order valence-corrected chi connectivity index (χ1v) is 9.71. The van der Waals surface area contributed by atoms with E-state index in [2.05, 4.69) is 72.7 Å². The first-order valence-electron chi connectivity index (χ1n) is 9.71. The van der Waals surface area contributed by atoms with Crippen LogP contribution in [0.1, 0.15) is 85.4 Å². The molecule has 0 aliphatic carbocycles. The molecule has 0 aromatic heterocycles. The Hall–Kier alpha value is -2.09. The van der Waals surface area contributed by atoms with Gasteiger partial charge in [0.25, 0.3) is 0 Å². The van der Waals surface area contributed by atoms with Crippen molar-refractivity contribution in [1.82, 2.24) is 0 Å². The third-order valence-corrected chi connectivity index (χ3v) is 4.90. The van der Waals surface area contributed by atoms with Gasteiger partial charge in [-0.15, -0.1) is 0 Å². The lowest BCUT2D eigenvalue weighted by molar-refractivity contribution is -0.132. The SMILES string of the molecule is CCC(C(=O)O)=C(C)C=CC=C(C)c1cc(C(C)(C)C)cc(C(C)(C)C)c1. The number of rotatable bonds is 5. The normalized spacial score (nSPS) is 14.5. The number of carboxylic acids is 1. The van der Waals surface area contributed by atoms with Gasteiger partial charge >= 0.3 is 5.97 Å². The molecule has 0 aliphatic rings. The van der Waals surface area contributed by atoms with Crippen molar-refractivity contribution in [2.24, 2.45) is 0 Å². The average molecular weight is 369 g/mol. The van der Waals surface area contributed by atoms with Crippen LogP contribution in [-0.4, -0.2) is 11.1 Å². The molecule has 1 aromatic rings. The van der Waals surface area contributed by atoms with Crippen molar-refractivity contribution in [3.63, 3.8) is 0 Å². The average Bonchev–Trinajstić information content (AvgIpc) is 2.52. The quantitative estimate of drug-likeness (QED) is 0.446. The van der Waals surface area contributed by atoms with Gasteiger partial charge in [0.05, 0.1) is 0 Å². The molecule has 0 saturated carbocycles. The van der Waals surface area contributed by atoms with Crippen molar-refractivity contribution in [1.29, 1.82) is 0 Å². The van der Waals surface area contributed by atoms with Crippen LogP contribution in [0.25, 0.3) is 5.57 Å². The Labute approximate surface area is 165 Å². The van der Waals surface area contributed by atoms with Crippen LogP contribution >= 0.6 is 0 Å². The van der Waals surface area contributed by atoms with E-state index in [4.69, 9.17) is 0 Å². The molecule has 1 aromatic carbocycles. The molecule has 0 spiro atoms. The van der Waals surface area contributed by atoms with Crippen molar-refractivity contribution >= 4 is 11.5 Å². The molecule has 2 heteroatoms. The Morgan fingerprint density at radius 1 is 0.963 bits per heavy atom. The molecule has 0 aliphatic heterocycles. The minimum atomic E-state index is -0.840. The molecule has 148 valence electrons. The van der Waals surface area contributed by atoms with Crippen molar-refractivity contribution in [2.75, 3.05) is 0 Å². The fourth-order valence-electron chi connectivity index (χ4n) is 2.85. The first kappa shape index (κ1) is 23.0. The number of aliphatic carboxylic acids is 1. The maximum atomic E-state index is 11.2. The summed E-state index contributed by atoms with van der Waals surface area (Å²) in [5.41, 5.74) is 6.48. The fourth-order valence-corrected chi connectivity index (χ4v) is 2.85. The maximum Gasteiger partial charge on any atom is 0.331 e. The van der Waals surface area contributed by atoms with Crippen LogP contribution in [0.2, 0.25) is 0 Å². The van der Waals surface area contributed by atoms with Crippen LogP contribution in [0.4, 0.5) is 0 Å². The van der Waals surface area contributed by atoms with Gasteiger partial charge in [-0.05, 0) is 58.9 Å². The Kier molecular flexibility index (Phi) is 7.42. The standard InChI is InChI=1S/C25H36O2/c1-10-22(23(26)27)18(3)13-11-12-17(2)19-14-20(24(4,5)6)16-21(15-19)25(7,8)9/h11-16H,10H2,1-9H3,(H,26,27). The summed E-state index contributed by atoms with van der Waals surface area (Å²) in [7, 11) is 0. The molecule has 0 fully saturated rings. The molecular formula is C25H36O2. The molecule has 1 rings (SSSR count). The lowest BCUT2D eigenvalue weighted by Gasteiger charge is -2.26. The number of allylic oxidation sites excluding steroid dienone is 5. The zero-order valence-corrected chi connectivity index (χ0v) is 18.5. The summed E-state index contributed by atoms with van der Waals surface area (Å²) in [4.78, 5) is 11.2. The van der Waals surface area contributed by atoms with Crippen molar-refractivity contribution < 1.29 is 9.90 Å². The van der Waals surface area contributed by atoms with Crippen LogP contribution in [0.5, 0.6) is 0 Å². The van der Waals surface area contributed by atoms with Crippen molar-refractivity contribution in [3.8, 4) is 0 Å². The van der Waals surface area contributed by atoms with E-state index in [1.54, 1.807) is 0 Å². The van der Waals surface area contributed by atoms with Gasteiger partial charge < -0.3 is 5.11 Å². The minimum absolute atomic E-state index is 0.0863. The monoisotopic (exact) mass is 368 g/mol. The number of hydrogen-bond donors (Lipinski definition) is 1. The third kappa shape index (κ3) is 6.53. The Morgan fingerprint density at radius 2 is 1.44 bits per heavy atom. The maximum absolute atomic E-state index is 11.2. The number of carbonyl (C=O) groups is 1. The highest BCUT2D eigenvalue weighted by molar-refractivity contribution is 5.88. The summed E-state index contributed by atoms with van der Waals surface area (Å²) >= 11 is 0. The summed E-state index contributed by atoms with van der Waals surface area (Å²) < 4.78 is 0. The summed E-state index contributed by atoms with van der Waals surface area (Å²) in [5.74, 6) is -0.840. The van der Waals surface area contributed by atoms with E-state index in [9.17, 15) is 9.90 Å². The molecule has 0 heterocycles. The molecule has 0 radical (unpaired) electrons. The summed E-state index contributed by atoms with van der Waals surface area (Å²) in [6.45, 7) is 19.3. The van der Waals surface area contributed by atoms with Gasteiger partial charge in [0.2, 0.25) is 0 Å². The third-order valence-electron chi connectivity index (χ3n) is 4.90. The zero-order valence-electron chi connectivity index (χ0n) is 18.5. The van der Waals surface area contributed by atoms with E-state index in [0.29, 0.717) is 12.0 Å². The minimum Gasteiger partial charge on any atom is -0.478 e. The molecule has 2 nitrogen and oxygen atoms in total. The van der Waals surface area contributed by atoms with Crippen LogP contribution in [0.3, 0.4) is 0 Å². The smallest absolute Gasteiger partial charge is 0.331 e. The van der Waals surface area contributed by atoms with Crippen molar-refractivity contribution in [2.45, 2.75) is 79.6 Å². The Balaban J connectivity index is 3.34. The van der Waals surface area contributed by atoms with E-state index in [0.717, 1.165) is 5.57 Å². The van der Waals surface area contributed by atoms with Crippen LogP contribution in [0.15, 0.2) is 47.6 Å². The van der Waals surface area contributed by atoms with Gasteiger partial charge in [0.15, 0.2) is 0 Å². The van der Waals surface area contributed by atoms with E-state index in [1.165, 1.54) is 22.3 Å². The van der Waals surface area contributed by atoms with E-state index in [-0.39, 0.29) is 10.8 Å².